The van der Waals surface area contributed by atoms with Crippen LogP contribution in [0.5, 0.6) is 0 Å². The zero-order chi connectivity index (χ0) is 30.0. The van der Waals surface area contributed by atoms with Crippen LogP contribution in [0, 0.1) is 5.41 Å². The molecular formula is C34H37ClN4O4. The Balaban J connectivity index is 1.02. The summed E-state index contributed by atoms with van der Waals surface area (Å²) in [6.07, 6.45) is 4.86. The molecule has 5 heterocycles. The predicted molar refractivity (Wildman–Crippen MR) is 163 cm³/mol. The van der Waals surface area contributed by atoms with Gasteiger partial charge in [0.15, 0.2) is 0 Å². The Morgan fingerprint density at radius 2 is 1.63 bits per heavy atom. The average Bonchev–Trinajstić information content (AvgIpc) is 3.22. The second-order valence-corrected chi connectivity index (χ2v) is 14.1. The summed E-state index contributed by atoms with van der Waals surface area (Å²) in [4.78, 5) is 56.5. The molecule has 8 nitrogen and oxygen atoms in total. The van der Waals surface area contributed by atoms with E-state index in [9.17, 15) is 19.2 Å². The van der Waals surface area contributed by atoms with E-state index in [1.165, 1.54) is 24.0 Å². The summed E-state index contributed by atoms with van der Waals surface area (Å²) in [5, 5.41) is 3.02. The number of rotatable bonds is 6. The quantitative estimate of drug-likeness (QED) is 0.485. The lowest BCUT2D eigenvalue weighted by Gasteiger charge is -2.57. The first-order chi connectivity index (χ1) is 20.6. The Labute approximate surface area is 257 Å². The van der Waals surface area contributed by atoms with Gasteiger partial charge in [-0.15, -0.1) is 0 Å². The van der Waals surface area contributed by atoms with Crippen LogP contribution in [0.4, 0.5) is 0 Å². The van der Waals surface area contributed by atoms with Gasteiger partial charge in [-0.05, 0) is 78.5 Å². The number of hydrogen-bond donors (Lipinski definition) is 1. The molecule has 224 valence electrons. The van der Waals surface area contributed by atoms with Gasteiger partial charge in [0, 0.05) is 49.7 Å². The number of carbonyl (C=O) groups is 4. The Morgan fingerprint density at radius 1 is 0.907 bits per heavy atom. The highest BCUT2D eigenvalue weighted by molar-refractivity contribution is 6.30. The monoisotopic (exact) mass is 600 g/mol. The van der Waals surface area contributed by atoms with Crippen LogP contribution in [-0.4, -0.2) is 76.1 Å². The Kier molecular flexibility index (Phi) is 7.07. The fourth-order valence-electron chi connectivity index (χ4n) is 7.72. The largest absolute Gasteiger partial charge is 0.296 e. The third-order valence-electron chi connectivity index (χ3n) is 10.1. The van der Waals surface area contributed by atoms with Crippen LogP contribution in [0.25, 0.3) is 5.57 Å². The van der Waals surface area contributed by atoms with Crippen molar-refractivity contribution in [3.63, 3.8) is 0 Å². The fraction of sp³-hybridized carbons (Fsp3) is 0.471. The molecule has 2 bridgehead atoms. The predicted octanol–water partition coefficient (Wildman–Crippen LogP) is 4.66. The highest BCUT2D eigenvalue weighted by Gasteiger charge is 2.46. The van der Waals surface area contributed by atoms with Gasteiger partial charge in [0.1, 0.15) is 6.04 Å². The van der Waals surface area contributed by atoms with Crippen molar-refractivity contribution in [3.05, 3.63) is 75.3 Å². The smallest absolute Gasteiger partial charge is 0.262 e. The Bertz CT molecular complexity index is 1550. The molecule has 0 saturated carbocycles. The van der Waals surface area contributed by atoms with Gasteiger partial charge in [-0.3, -0.25) is 39.2 Å². The van der Waals surface area contributed by atoms with Crippen molar-refractivity contribution in [2.75, 3.05) is 19.6 Å². The maximum absolute atomic E-state index is 13.3. The van der Waals surface area contributed by atoms with E-state index >= 15 is 0 Å². The van der Waals surface area contributed by atoms with E-state index in [4.69, 9.17) is 11.6 Å². The van der Waals surface area contributed by atoms with E-state index in [0.29, 0.717) is 28.6 Å². The normalized spacial score (nSPS) is 27.3. The summed E-state index contributed by atoms with van der Waals surface area (Å²) in [6, 6.07) is 13.7. The van der Waals surface area contributed by atoms with E-state index < -0.39 is 23.8 Å². The number of hydrogen-bond acceptors (Lipinski definition) is 6. The molecule has 1 aliphatic carbocycles. The summed E-state index contributed by atoms with van der Waals surface area (Å²) in [6.45, 7) is 8.49. The third kappa shape index (κ3) is 5.23. The summed E-state index contributed by atoms with van der Waals surface area (Å²) in [5.74, 6) is -1.88. The average molecular weight is 601 g/mol. The lowest BCUT2D eigenvalue weighted by atomic mass is 9.72. The van der Waals surface area contributed by atoms with Crippen LogP contribution >= 0.6 is 11.6 Å². The maximum Gasteiger partial charge on any atom is 0.262 e. The third-order valence-corrected chi connectivity index (χ3v) is 10.3. The van der Waals surface area contributed by atoms with Crippen molar-refractivity contribution >= 4 is 40.8 Å². The number of imide groups is 2. The molecule has 43 heavy (non-hydrogen) atoms. The summed E-state index contributed by atoms with van der Waals surface area (Å²) >= 11 is 6.19. The number of fused-ring (bicyclic) bond motifs is 3. The minimum absolute atomic E-state index is 0.113. The van der Waals surface area contributed by atoms with E-state index in [1.54, 1.807) is 11.6 Å². The van der Waals surface area contributed by atoms with Crippen LogP contribution in [0.15, 0.2) is 48.0 Å². The summed E-state index contributed by atoms with van der Waals surface area (Å²) in [5.41, 5.74) is 6.28. The van der Waals surface area contributed by atoms with Crippen LogP contribution in [-0.2, 0) is 16.1 Å². The SMILES string of the molecule is CC1(C)CCC(CN2CC3CC(C2)N3Cc2ccc3c(c2)C(=O)N(C2CCC(=O)NC2=O)C3=O)=C(c2ccc(Cl)cc2)C1. The first-order valence-corrected chi connectivity index (χ1v) is 15.7. The minimum atomic E-state index is -0.945. The van der Waals surface area contributed by atoms with Gasteiger partial charge in [0.05, 0.1) is 11.1 Å². The van der Waals surface area contributed by atoms with E-state index in [1.807, 2.05) is 24.3 Å². The molecule has 4 amide bonds. The topological polar surface area (TPSA) is 90.0 Å². The summed E-state index contributed by atoms with van der Waals surface area (Å²) in [7, 11) is 0. The number of piperidine rings is 2. The molecule has 0 spiro atoms. The standard InChI is InChI=1S/C34H37ClN4O4/c1-34(2)12-11-22(28(15-34)21-4-6-23(35)7-5-21)17-37-18-24-14-25(19-37)38(24)16-20-3-8-26-27(13-20)33(43)39(32(26)42)29-9-10-30(40)36-31(29)41/h3-8,13,24-25,29H,9-12,14-19H2,1-2H3,(H,36,40,41). The lowest BCUT2D eigenvalue weighted by Crippen LogP contribution is -2.68. The molecule has 3 unspecified atom stereocenters. The van der Waals surface area contributed by atoms with Gasteiger partial charge in [-0.1, -0.05) is 49.2 Å². The Morgan fingerprint density at radius 3 is 2.35 bits per heavy atom. The van der Waals surface area contributed by atoms with Crippen molar-refractivity contribution in [1.82, 2.24) is 20.0 Å². The van der Waals surface area contributed by atoms with Gasteiger partial charge in [-0.2, -0.15) is 0 Å². The van der Waals surface area contributed by atoms with Crippen molar-refractivity contribution < 1.29 is 19.2 Å². The zero-order valence-electron chi connectivity index (χ0n) is 24.7. The number of nitrogens with one attached hydrogen (secondary N) is 1. The molecule has 8 rings (SSSR count). The molecule has 4 fully saturated rings. The molecule has 3 atom stereocenters. The van der Waals surface area contributed by atoms with Crippen LogP contribution in [0.2, 0.25) is 5.02 Å². The van der Waals surface area contributed by atoms with Gasteiger partial charge in [0.2, 0.25) is 11.8 Å². The van der Waals surface area contributed by atoms with Gasteiger partial charge < -0.3 is 0 Å². The number of piperazine rings is 1. The molecule has 2 aromatic carbocycles. The van der Waals surface area contributed by atoms with E-state index in [0.717, 1.165) is 54.5 Å². The second-order valence-electron chi connectivity index (χ2n) is 13.7. The molecule has 1 N–H and O–H groups in total. The molecular weight excluding hydrogens is 564 g/mol. The second kappa shape index (κ2) is 10.7. The van der Waals surface area contributed by atoms with Crippen molar-refractivity contribution in [2.45, 2.75) is 77.0 Å². The van der Waals surface area contributed by atoms with Crippen LogP contribution in [0.3, 0.4) is 0 Å². The highest BCUT2D eigenvalue weighted by Crippen LogP contribution is 2.44. The molecule has 0 radical (unpaired) electrons. The minimum Gasteiger partial charge on any atom is -0.296 e. The molecule has 9 heteroatoms. The van der Waals surface area contributed by atoms with Gasteiger partial charge in [-0.25, -0.2) is 0 Å². The molecule has 4 saturated heterocycles. The Hall–Kier alpha value is -3.33. The highest BCUT2D eigenvalue weighted by atomic mass is 35.5. The maximum atomic E-state index is 13.3. The lowest BCUT2D eigenvalue weighted by molar-refractivity contribution is -0.136. The first-order valence-electron chi connectivity index (χ1n) is 15.4. The van der Waals surface area contributed by atoms with E-state index in [2.05, 4.69) is 41.1 Å². The van der Waals surface area contributed by atoms with Crippen molar-refractivity contribution in [1.29, 1.82) is 0 Å². The summed E-state index contributed by atoms with van der Waals surface area (Å²) < 4.78 is 0. The molecule has 6 aliphatic rings. The fourth-order valence-corrected chi connectivity index (χ4v) is 7.85. The van der Waals surface area contributed by atoms with Crippen molar-refractivity contribution in [2.24, 2.45) is 5.41 Å². The molecule has 5 aliphatic heterocycles. The van der Waals surface area contributed by atoms with Crippen LogP contribution < -0.4 is 5.32 Å². The number of benzene rings is 2. The number of halogens is 1. The number of carbonyl (C=O) groups excluding carboxylic acids is 4. The van der Waals surface area contributed by atoms with Gasteiger partial charge >= 0.3 is 0 Å². The number of nitrogens with zero attached hydrogens (tertiary/aromatic N) is 3. The molecule has 0 aromatic heterocycles. The van der Waals surface area contributed by atoms with Crippen molar-refractivity contribution in [3.8, 4) is 0 Å². The number of allylic oxidation sites excluding steroid dienone is 1. The number of amides is 4. The zero-order valence-corrected chi connectivity index (χ0v) is 25.5. The molecule has 2 aromatic rings. The van der Waals surface area contributed by atoms with E-state index in [-0.39, 0.29) is 18.7 Å². The van der Waals surface area contributed by atoms with Gasteiger partial charge in [0.25, 0.3) is 11.8 Å². The van der Waals surface area contributed by atoms with Crippen LogP contribution in [0.1, 0.15) is 84.2 Å². The first kappa shape index (κ1) is 28.4.